The van der Waals surface area contributed by atoms with Crippen molar-refractivity contribution in [3.8, 4) is 5.75 Å². The number of hydrogen-bond acceptors (Lipinski definition) is 6. The molecule has 0 fully saturated rings. The first-order valence-corrected chi connectivity index (χ1v) is 9.84. The topological polar surface area (TPSA) is 97.6 Å². The summed E-state index contributed by atoms with van der Waals surface area (Å²) in [5.74, 6) is -1.12. The summed E-state index contributed by atoms with van der Waals surface area (Å²) in [6.07, 6.45) is 2.75. The number of hydrogen-bond donors (Lipinski definition) is 2. The van der Waals surface area contributed by atoms with Crippen LogP contribution >= 0.6 is 11.3 Å². The number of rotatable bonds is 7. The van der Waals surface area contributed by atoms with Crippen molar-refractivity contribution in [3.63, 3.8) is 0 Å². The van der Waals surface area contributed by atoms with Crippen molar-refractivity contribution in [3.05, 3.63) is 55.6 Å². The average molecular weight is 542 g/mol. The second kappa shape index (κ2) is 9.11. The summed E-state index contributed by atoms with van der Waals surface area (Å²) >= 11 is 1.86. The van der Waals surface area contributed by atoms with Crippen molar-refractivity contribution in [2.24, 2.45) is 0 Å². The van der Waals surface area contributed by atoms with Gasteiger partial charge in [0.2, 0.25) is 0 Å². The van der Waals surface area contributed by atoms with Crippen molar-refractivity contribution in [2.45, 2.75) is 6.92 Å². The van der Waals surface area contributed by atoms with Crippen LogP contribution in [0.15, 0.2) is 29.1 Å². The Bertz CT molecular complexity index is 916. The van der Waals surface area contributed by atoms with Gasteiger partial charge in [-0.25, -0.2) is 0 Å². The zero-order chi connectivity index (χ0) is 19.3. The van der Waals surface area contributed by atoms with Crippen molar-refractivity contribution >= 4 is 29.1 Å². The number of nitrogens with one attached hydrogen (secondary N) is 1. The third-order valence-corrected chi connectivity index (χ3v) is 6.27. The van der Waals surface area contributed by atoms with Gasteiger partial charge in [0, 0.05) is 7.11 Å². The van der Waals surface area contributed by atoms with Crippen molar-refractivity contribution in [1.29, 1.82) is 0 Å². The molecule has 26 heavy (non-hydrogen) atoms. The van der Waals surface area contributed by atoms with Crippen molar-refractivity contribution in [2.75, 3.05) is 20.3 Å². The molecule has 0 unspecified atom stereocenters. The number of methoxy groups -OCH3 is 1. The number of aromatic hydroxyl groups is 1. The van der Waals surface area contributed by atoms with Gasteiger partial charge in [-0.1, -0.05) is 0 Å². The Balaban J connectivity index is 2.14. The summed E-state index contributed by atoms with van der Waals surface area (Å²) in [5, 5.41) is 12.6. The summed E-state index contributed by atoms with van der Waals surface area (Å²) in [6.45, 7) is 2.53. The molecule has 2 rings (SSSR count). The number of ketones is 1. The van der Waals surface area contributed by atoms with Gasteiger partial charge in [-0.05, 0) is 0 Å². The average Bonchev–Trinajstić information content (AvgIpc) is 3.07. The van der Waals surface area contributed by atoms with Crippen LogP contribution in [-0.2, 0) is 26.1 Å². The number of amides is 1. The molecule has 136 valence electrons. The van der Waals surface area contributed by atoms with Crippen LogP contribution in [0.1, 0.15) is 30.6 Å². The molecule has 0 saturated heterocycles. The molecule has 2 aromatic heterocycles. The van der Waals surface area contributed by atoms with E-state index in [0.717, 1.165) is 0 Å². The quantitative estimate of drug-likeness (QED) is 0.314. The molecular formula is C17H17N2O5STa. The minimum atomic E-state index is -0.577. The molecule has 2 N–H and O–H groups in total. The number of allylic oxidation sites excluding steroid dienone is 1. The van der Waals surface area contributed by atoms with E-state index in [9.17, 15) is 19.5 Å². The molecule has 0 radical (unpaired) electrons. The van der Waals surface area contributed by atoms with Gasteiger partial charge in [0.15, 0.2) is 0 Å². The maximum absolute atomic E-state index is 12.3. The monoisotopic (exact) mass is 542 g/mol. The van der Waals surface area contributed by atoms with Crippen LogP contribution in [0.4, 0.5) is 0 Å². The van der Waals surface area contributed by atoms with Gasteiger partial charge >= 0.3 is 148 Å². The molecule has 2 heterocycles. The molecule has 0 aliphatic heterocycles. The third-order valence-electron chi connectivity index (χ3n) is 3.43. The fourth-order valence-corrected chi connectivity index (χ4v) is 3.49. The third kappa shape index (κ3) is 4.81. The summed E-state index contributed by atoms with van der Waals surface area (Å²) < 4.78 is 6.28. The molecule has 7 nitrogen and oxygen atoms in total. The summed E-state index contributed by atoms with van der Waals surface area (Å²) in [6, 6.07) is 4.76. The molecule has 9 heteroatoms. The molecule has 0 spiro atoms. The van der Waals surface area contributed by atoms with Gasteiger partial charge in [-0.15, -0.1) is 0 Å². The molecule has 2 aromatic rings. The number of carbonyl (C=O) groups is 2. The Morgan fingerprint density at radius 1 is 1.42 bits per heavy atom. The van der Waals surface area contributed by atoms with E-state index in [4.69, 9.17) is 4.74 Å². The van der Waals surface area contributed by atoms with E-state index >= 15 is 0 Å². The Labute approximate surface area is 166 Å². The number of ether oxygens (including phenoxy) is 1. The Hall–Kier alpha value is -1.97. The second-order valence-electron chi connectivity index (χ2n) is 5.31. The van der Waals surface area contributed by atoms with Crippen LogP contribution in [0.3, 0.4) is 0 Å². The van der Waals surface area contributed by atoms with E-state index in [-0.39, 0.29) is 17.2 Å². The summed E-state index contributed by atoms with van der Waals surface area (Å²) in [4.78, 5) is 37.6. The van der Waals surface area contributed by atoms with E-state index in [1.54, 1.807) is 26.2 Å². The van der Waals surface area contributed by atoms with Gasteiger partial charge in [0.25, 0.3) is 0 Å². The number of pyridine rings is 1. The van der Waals surface area contributed by atoms with Crippen LogP contribution in [0.2, 0.25) is 0 Å². The maximum atomic E-state index is 12.3. The number of aryl methyl sites for hydroxylation is 1. The molecule has 0 aliphatic rings. The van der Waals surface area contributed by atoms with Gasteiger partial charge < -0.3 is 4.74 Å². The van der Waals surface area contributed by atoms with Crippen LogP contribution < -0.4 is 10.9 Å². The van der Waals surface area contributed by atoms with Crippen molar-refractivity contribution < 1.29 is 40.8 Å². The molecular weight excluding hydrogens is 525 g/mol. The first-order valence-electron chi connectivity index (χ1n) is 7.59. The molecule has 0 saturated carbocycles. The summed E-state index contributed by atoms with van der Waals surface area (Å²) in [5.41, 5.74) is -0.151. The number of nitrogens with zero attached hydrogens (tertiary/aromatic N) is 1. The van der Waals surface area contributed by atoms with Crippen LogP contribution in [0, 0.1) is 6.92 Å². The molecule has 0 aromatic carbocycles. The SMILES string of the molecule is COCCNC(=O)c1ccc(/C=C/C(=O)c2c(O)cc(C)[n]([Ta])c2=O)s1. The number of carbonyl (C=O) groups excluding carboxylic acids is 2. The Morgan fingerprint density at radius 3 is 2.85 bits per heavy atom. The molecule has 0 bridgehead atoms. The van der Waals surface area contributed by atoms with E-state index in [1.165, 1.54) is 32.5 Å². The first-order chi connectivity index (χ1) is 12.3. The van der Waals surface area contributed by atoms with Gasteiger partial charge in [-0.2, -0.15) is 0 Å². The number of thiophene rings is 1. The van der Waals surface area contributed by atoms with Crippen LogP contribution in [0.25, 0.3) is 6.08 Å². The fourth-order valence-electron chi connectivity index (χ4n) is 2.10. The fraction of sp³-hybridized carbons (Fsp3) is 0.235. The second-order valence-corrected chi connectivity index (χ2v) is 7.86. The minimum absolute atomic E-state index is 0.216. The molecule has 0 atom stereocenters. The van der Waals surface area contributed by atoms with Gasteiger partial charge in [-0.3, -0.25) is 0 Å². The van der Waals surface area contributed by atoms with E-state index in [1.807, 2.05) is 0 Å². The normalized spacial score (nSPS) is 11.0. The van der Waals surface area contributed by atoms with Crippen LogP contribution in [-0.4, -0.2) is 40.0 Å². The summed E-state index contributed by atoms with van der Waals surface area (Å²) in [7, 11) is 1.55. The van der Waals surface area contributed by atoms with E-state index in [0.29, 0.717) is 49.9 Å². The molecule has 1 amide bonds. The van der Waals surface area contributed by atoms with E-state index in [2.05, 4.69) is 5.32 Å². The van der Waals surface area contributed by atoms with E-state index < -0.39 is 11.3 Å². The predicted molar refractivity (Wildman–Crippen MR) is 94.4 cm³/mol. The standard InChI is InChI=1S/C17H18N2O5S.Ta/c1-10-9-13(21)15(17(23)19-10)12(20)5-3-11-4-6-14(25-11)16(22)18-7-8-24-2;/h3-6,9H,7-8H2,1-2H3,(H3,18,19,20,21,22,23);/q;+1/p-1/b5-3+;. The first kappa shape index (κ1) is 20.3. The zero-order valence-electron chi connectivity index (χ0n) is 14.2. The van der Waals surface area contributed by atoms with Crippen LogP contribution in [0.5, 0.6) is 5.75 Å². The predicted octanol–water partition coefficient (Wildman–Crippen LogP) is 1.51. The Morgan fingerprint density at radius 2 is 2.15 bits per heavy atom. The van der Waals surface area contributed by atoms with Crippen molar-refractivity contribution in [1.82, 2.24) is 8.29 Å². The zero-order valence-corrected chi connectivity index (χ0v) is 18.2. The van der Waals surface area contributed by atoms with Gasteiger partial charge in [0.05, 0.1) is 6.61 Å². The molecule has 0 aliphatic carbocycles. The number of aromatic nitrogens is 1. The Kier molecular flexibility index (Phi) is 7.13. The van der Waals surface area contributed by atoms with Gasteiger partial charge in [0.1, 0.15) is 0 Å².